The zero-order chi connectivity index (χ0) is 64.2. The molecular weight excluding hydrogens is 1430 g/mol. The quantitative estimate of drug-likeness (QED) is 0.0262. The molecule has 64 heteroatoms. The van der Waals surface area contributed by atoms with Crippen molar-refractivity contribution in [1.82, 2.24) is 0 Å². The summed E-state index contributed by atoms with van der Waals surface area (Å²) in [6.45, 7) is -9.34. The zero-order valence-electron chi connectivity index (χ0n) is 37.5. The summed E-state index contributed by atoms with van der Waals surface area (Å²) in [6, 6.07) is 0. The first-order chi connectivity index (χ1) is 36.1. The maximum Gasteiger partial charge on any atom is 0.397 e. The summed E-state index contributed by atoms with van der Waals surface area (Å²) in [5, 5.41) is 0. The highest BCUT2D eigenvalue weighted by molar-refractivity contribution is 7.83. The lowest BCUT2D eigenvalue weighted by Crippen LogP contribution is -2.64. The molecule has 0 aromatic rings. The summed E-state index contributed by atoms with van der Waals surface area (Å²) in [4.78, 5) is 0. The van der Waals surface area contributed by atoms with E-state index in [1.807, 2.05) is 0 Å². The topological polar surface area (TPSA) is 800 Å². The van der Waals surface area contributed by atoms with E-state index in [0.29, 0.717) is 0 Å². The SMILES string of the molecule is O=S(=O)(O)OC[C@H]1O[C@@H](OC[C@H](OS(=O)(=O)O)[C@H](OS(=O)(=O)O)[C@@H](OS(=O)(=O)O)[C@H](CO[C@@H]2O[C@H](COS(=O)(=O)O)[C@@H](OS(=O)(=O)O)[C@@H](OS(=O)(=O)O)[C@@H]2OS(=O)(=O)O)OS(=O)(=O)O)[C@@H](OS(=O)(=O)O)[C@H](OS(=O)(=O)O)[C@@H]1OS(=O)(=O)O. The smallest absolute Gasteiger partial charge is 0.347 e. The molecule has 2 aliphatic heterocycles. The molecule has 0 aliphatic carbocycles. The summed E-state index contributed by atoms with van der Waals surface area (Å²) >= 11 is 0. The summed E-state index contributed by atoms with van der Waals surface area (Å²) in [7, 11) is -76.5. The Morgan fingerprint density at radius 2 is 0.500 bits per heavy atom. The minimum atomic E-state index is -6.76. The predicted octanol–water partition coefficient (Wildman–Crippen LogP) is -10.0. The Labute approximate surface area is 459 Å². The lowest BCUT2D eigenvalue weighted by atomic mass is 9.99. The summed E-state index contributed by atoms with van der Waals surface area (Å²) in [6.07, 6.45) is -50.0. The number of ether oxygens (including phenoxy) is 4. The molecule has 0 radical (unpaired) electrons. The predicted molar refractivity (Wildman–Crippen MR) is 228 cm³/mol. The van der Waals surface area contributed by atoms with Gasteiger partial charge in [-0.05, 0) is 0 Å². The highest BCUT2D eigenvalue weighted by atomic mass is 32.3. The second kappa shape index (κ2) is 27.8. The molecule has 2 heterocycles. The van der Waals surface area contributed by atoms with Crippen LogP contribution in [0.1, 0.15) is 0 Å². The van der Waals surface area contributed by atoms with Gasteiger partial charge in [-0.25, -0.2) is 50.2 Å². The second-order valence-corrected chi connectivity index (χ2v) is 26.9. The summed E-state index contributed by atoms with van der Waals surface area (Å²) in [5.74, 6) is 0. The molecule has 2 rings (SSSR count). The molecule has 0 saturated carbocycles. The van der Waals surface area contributed by atoms with Gasteiger partial charge >= 0.3 is 125 Å². The maximum atomic E-state index is 12.3. The molecule has 0 spiro atoms. The van der Waals surface area contributed by atoms with Crippen molar-refractivity contribution in [3.63, 3.8) is 0 Å². The van der Waals surface area contributed by atoms with Gasteiger partial charge in [-0.1, -0.05) is 0 Å². The van der Waals surface area contributed by atoms with Crippen LogP contribution in [0.4, 0.5) is 0 Å². The molecule has 0 aromatic heterocycles. The van der Waals surface area contributed by atoms with Crippen LogP contribution in [0.3, 0.4) is 0 Å². The molecule has 52 nitrogen and oxygen atoms in total. The van der Waals surface area contributed by atoms with E-state index in [0.717, 1.165) is 0 Å². The molecule has 490 valence electrons. The lowest BCUT2D eigenvalue weighted by Gasteiger charge is -2.43. The van der Waals surface area contributed by atoms with Crippen molar-refractivity contribution < 1.29 is 225 Å². The van der Waals surface area contributed by atoms with Gasteiger partial charge in [-0.15, -0.1) is 0 Å². The Balaban J connectivity index is 3.14. The molecule has 2 aliphatic rings. The van der Waals surface area contributed by atoms with Gasteiger partial charge in [0.1, 0.15) is 61.0 Å². The largest absolute Gasteiger partial charge is 0.397 e. The van der Waals surface area contributed by atoms with Crippen LogP contribution in [-0.4, -0.2) is 268 Å². The highest BCUT2D eigenvalue weighted by Crippen LogP contribution is 2.35. The van der Waals surface area contributed by atoms with Crippen LogP contribution in [0.25, 0.3) is 0 Å². The van der Waals surface area contributed by atoms with Crippen LogP contribution in [0, 0.1) is 0 Å². The van der Waals surface area contributed by atoms with Gasteiger partial charge in [0, 0.05) is 0 Å². The van der Waals surface area contributed by atoms with Crippen LogP contribution in [-0.2, 0) is 194 Å². The number of hydrogen-bond donors (Lipinski definition) is 12. The monoisotopic (exact) mass is 1470 g/mol. The minimum Gasteiger partial charge on any atom is -0.347 e. The molecule has 12 N–H and O–H groups in total. The van der Waals surface area contributed by atoms with E-state index in [9.17, 15) is 147 Å². The van der Waals surface area contributed by atoms with Crippen molar-refractivity contribution in [1.29, 1.82) is 0 Å². The molecule has 2 fully saturated rings. The third-order valence-electron chi connectivity index (χ3n) is 8.20. The van der Waals surface area contributed by atoms with E-state index < -0.39 is 237 Å². The zero-order valence-corrected chi connectivity index (χ0v) is 47.3. The second-order valence-electron chi connectivity index (χ2n) is 14.2. The fraction of sp³-hybridized carbons (Fsp3) is 1.00. The first-order valence-corrected chi connectivity index (χ1v) is 34.8. The number of rotatable bonds is 35. The molecule has 0 amide bonds. The maximum absolute atomic E-state index is 12.3. The fourth-order valence-corrected chi connectivity index (χ4v) is 11.7. The van der Waals surface area contributed by atoms with Gasteiger partial charge in [-0.3, -0.25) is 54.6 Å². The Kier molecular flexibility index (Phi) is 25.9. The van der Waals surface area contributed by atoms with Crippen molar-refractivity contribution in [2.24, 2.45) is 0 Å². The molecule has 82 heavy (non-hydrogen) atoms. The van der Waals surface area contributed by atoms with Gasteiger partial charge < -0.3 is 18.9 Å². The van der Waals surface area contributed by atoms with Gasteiger partial charge in [0.15, 0.2) is 24.8 Å². The van der Waals surface area contributed by atoms with E-state index in [4.69, 9.17) is 28.1 Å². The van der Waals surface area contributed by atoms with Crippen LogP contribution in [0.5, 0.6) is 0 Å². The van der Waals surface area contributed by atoms with E-state index in [2.05, 4.69) is 50.2 Å². The van der Waals surface area contributed by atoms with Crippen molar-refractivity contribution in [2.75, 3.05) is 26.4 Å². The van der Waals surface area contributed by atoms with Gasteiger partial charge in [0.25, 0.3) is 0 Å². The van der Waals surface area contributed by atoms with Gasteiger partial charge in [0.05, 0.1) is 26.4 Å². The van der Waals surface area contributed by atoms with E-state index in [1.54, 1.807) is 0 Å². The Bertz CT molecular complexity index is 3390. The Morgan fingerprint density at radius 3 is 0.707 bits per heavy atom. The van der Waals surface area contributed by atoms with Crippen molar-refractivity contribution in [3.05, 3.63) is 0 Å². The average Bonchev–Trinajstić information content (AvgIpc) is 3.16. The third kappa shape index (κ3) is 31.3. The van der Waals surface area contributed by atoms with E-state index >= 15 is 0 Å². The Morgan fingerprint density at radius 1 is 0.280 bits per heavy atom. The van der Waals surface area contributed by atoms with Crippen LogP contribution in [0.2, 0.25) is 0 Å². The molecule has 0 unspecified atom stereocenters. The highest BCUT2D eigenvalue weighted by Gasteiger charge is 2.57. The summed E-state index contributed by atoms with van der Waals surface area (Å²) < 4.78 is 467. The average molecular weight is 1470 g/mol. The molecule has 14 atom stereocenters. The standard InChI is InChI=1S/C18H34O52S12/c19-71(20,21)57-3-5-9(63-75(31,32)33)13(67-79(43,44)45)15(69-81(49,50)51)17(59-5)55-1-7(61-73(25,26)27)11(65-77(37,38)39)12(66-78(40,41)42)8(62-74(28,29)30)2-56-18-16(70-82(52,53)54)14(68-80(46,47)48)10(64-76(34,35)36)6(60-18)4-58-72(22,23)24/h5-18H,1-4H2,(H,19,20,21)(H,22,23,24)(H,25,26,27)(H,28,29,30)(H,31,32,33)(H,34,35,36)(H,37,38,39)(H,40,41,42)(H,43,44,45)(H,46,47,48)(H,49,50,51)(H,52,53,54)/t5-,6-,7+,8+,9-,10-,11+,12+,13-,14-,15+,16+,17-,18-/m1/s1. The van der Waals surface area contributed by atoms with Gasteiger partial charge in [0.2, 0.25) is 0 Å². The van der Waals surface area contributed by atoms with Crippen LogP contribution >= 0.6 is 0 Å². The van der Waals surface area contributed by atoms with E-state index in [-0.39, 0.29) is 0 Å². The molecule has 0 aromatic carbocycles. The third-order valence-corrected chi connectivity index (χ3v) is 13.8. The molecular formula is C18H34O52S12. The summed E-state index contributed by atoms with van der Waals surface area (Å²) in [5.41, 5.74) is 0. The van der Waals surface area contributed by atoms with Crippen molar-refractivity contribution in [3.8, 4) is 0 Å². The first-order valence-electron chi connectivity index (χ1n) is 18.4. The van der Waals surface area contributed by atoms with Gasteiger partial charge in [-0.2, -0.15) is 101 Å². The van der Waals surface area contributed by atoms with Crippen LogP contribution < -0.4 is 0 Å². The molecule has 0 bridgehead atoms. The van der Waals surface area contributed by atoms with Crippen molar-refractivity contribution >= 4 is 125 Å². The minimum absolute atomic E-state index is 2.09. The van der Waals surface area contributed by atoms with Crippen LogP contribution in [0.15, 0.2) is 0 Å². The fourth-order valence-electron chi connectivity index (χ4n) is 6.08. The van der Waals surface area contributed by atoms with E-state index in [1.165, 1.54) is 0 Å². The normalized spacial score (nSPS) is 27.1. The molecule has 2 saturated heterocycles. The Hall–Kier alpha value is -1.72. The first kappa shape index (κ1) is 76.4. The lowest BCUT2D eigenvalue weighted by molar-refractivity contribution is -0.294. The number of hydrogen-bond acceptors (Lipinski definition) is 40. The van der Waals surface area contributed by atoms with Crippen molar-refractivity contribution in [2.45, 2.75) is 85.8 Å².